The van der Waals surface area contributed by atoms with Crippen molar-refractivity contribution in [1.82, 2.24) is 20.9 Å². The first-order valence-corrected chi connectivity index (χ1v) is 6.04. The first-order chi connectivity index (χ1) is 9.29. The van der Waals surface area contributed by atoms with E-state index in [1.165, 1.54) is 6.08 Å². The second-order valence-corrected chi connectivity index (χ2v) is 4.07. The first kappa shape index (κ1) is 16.7. The van der Waals surface area contributed by atoms with Crippen molar-refractivity contribution in [1.29, 1.82) is 0 Å². The van der Waals surface area contributed by atoms with Crippen LogP contribution in [-0.2, 0) is 38.6 Å². The third-order valence-corrected chi connectivity index (χ3v) is 2.62. The molecular formula is C13H15AgN4O2. The summed E-state index contributed by atoms with van der Waals surface area (Å²) in [7, 11) is 0. The number of benzene rings is 1. The largest absolute Gasteiger partial charge is 1.00 e. The molecule has 1 N–H and O–H groups in total. The number of aromatic nitrogens is 3. The molecule has 0 saturated heterocycles. The average Bonchev–Trinajstić information content (AvgIpc) is 2.89. The number of nitrogens with one attached hydrogen (secondary N) is 1. The molecule has 0 spiro atoms. The van der Waals surface area contributed by atoms with Crippen LogP contribution < -0.4 is 10.6 Å². The zero-order valence-corrected chi connectivity index (χ0v) is 12.3. The number of hydroxylamine groups is 1. The molecule has 0 aliphatic heterocycles. The summed E-state index contributed by atoms with van der Waals surface area (Å²) in [6, 6.07) is 5.66. The molecule has 0 bridgehead atoms. The molecular weight excluding hydrogens is 352 g/mol. The molecule has 0 fully saturated rings. The van der Waals surface area contributed by atoms with Gasteiger partial charge >= 0.3 is 22.4 Å². The molecule has 6 nitrogen and oxygen atoms in total. The molecule has 2 aromatic rings. The van der Waals surface area contributed by atoms with E-state index in [9.17, 15) is 4.79 Å². The van der Waals surface area contributed by atoms with Crippen LogP contribution in [0.1, 0.15) is 18.4 Å². The van der Waals surface area contributed by atoms with E-state index in [2.05, 4.69) is 27.5 Å². The summed E-state index contributed by atoms with van der Waals surface area (Å²) in [5, 5.41) is 11.3. The number of allylic oxidation sites excluding steroid dienone is 1. The topological polar surface area (TPSA) is 78.2 Å². The third-order valence-electron chi connectivity index (χ3n) is 2.62. The summed E-state index contributed by atoms with van der Waals surface area (Å²) in [6.07, 6.45) is 2.55. The van der Waals surface area contributed by atoms with Gasteiger partial charge < -0.3 is 10.2 Å². The second-order valence-electron chi connectivity index (χ2n) is 4.07. The fourth-order valence-electron chi connectivity index (χ4n) is 1.59. The number of hydrogen-bond donors (Lipinski definition) is 1. The average molecular weight is 367 g/mol. The maximum absolute atomic E-state index is 11.0. The summed E-state index contributed by atoms with van der Waals surface area (Å²) in [4.78, 5) is 16.3. The van der Waals surface area contributed by atoms with Crippen LogP contribution in [0, 0.1) is 0 Å². The van der Waals surface area contributed by atoms with E-state index in [4.69, 9.17) is 4.84 Å². The molecule has 20 heavy (non-hydrogen) atoms. The monoisotopic (exact) mass is 366 g/mol. The molecule has 0 radical (unpaired) electrons. The van der Waals surface area contributed by atoms with Crippen LogP contribution in [0.5, 0.6) is 0 Å². The van der Waals surface area contributed by atoms with Crippen molar-refractivity contribution in [2.75, 3.05) is 6.54 Å². The molecule has 0 aliphatic carbocycles. The summed E-state index contributed by atoms with van der Waals surface area (Å²) in [5.41, 5.74) is 5.35. The van der Waals surface area contributed by atoms with Gasteiger partial charge in [-0.3, -0.25) is 14.8 Å². The maximum Gasteiger partial charge on any atom is 1.00 e. The Balaban J connectivity index is 0.00000200. The zero-order chi connectivity index (χ0) is 13.5. The quantitative estimate of drug-likeness (QED) is 0.326. The number of carbonyl (C=O) groups is 1. The van der Waals surface area contributed by atoms with Gasteiger partial charge in [0.1, 0.15) is 0 Å². The minimum absolute atomic E-state index is 0. The number of nitrogens with zero attached hydrogens (tertiary/aromatic N) is 3. The van der Waals surface area contributed by atoms with Gasteiger partial charge in [0.15, 0.2) is 5.78 Å². The molecule has 1 aromatic carbocycles. The molecule has 0 unspecified atom stereocenters. The number of fused-ring (bicyclic) bond motifs is 1. The standard InChI is InChI=1S/C13H15N4O2.Ag/c1-2-11(18)4-3-7-14-19-9-10-5-6-12-13(8-10)16-17-15-12;/h2,5-6,8,14H,1,3-4,7,9H2;/q-1;+1. The molecule has 0 amide bonds. The van der Waals surface area contributed by atoms with E-state index in [1.807, 2.05) is 18.2 Å². The van der Waals surface area contributed by atoms with Crippen molar-refractivity contribution in [2.45, 2.75) is 19.4 Å². The predicted octanol–water partition coefficient (Wildman–Crippen LogP) is 1.14. The van der Waals surface area contributed by atoms with Gasteiger partial charge in [0.05, 0.1) is 6.61 Å². The zero-order valence-electron chi connectivity index (χ0n) is 10.8. The smallest absolute Gasteiger partial charge is 0.350 e. The van der Waals surface area contributed by atoms with Gasteiger partial charge in [-0.2, -0.15) is 0 Å². The Morgan fingerprint density at radius 3 is 3.15 bits per heavy atom. The fraction of sp³-hybridized carbons (Fsp3) is 0.308. The molecule has 0 atom stereocenters. The maximum atomic E-state index is 11.0. The van der Waals surface area contributed by atoms with Gasteiger partial charge in [0.25, 0.3) is 0 Å². The third kappa shape index (κ3) is 4.99. The van der Waals surface area contributed by atoms with Crippen molar-refractivity contribution in [2.24, 2.45) is 0 Å². The Kier molecular flexibility index (Phi) is 7.35. The molecule has 7 heteroatoms. The summed E-state index contributed by atoms with van der Waals surface area (Å²) in [5.74, 6) is 0.0505. The van der Waals surface area contributed by atoms with Crippen LogP contribution in [0.3, 0.4) is 0 Å². The Morgan fingerprint density at radius 1 is 1.50 bits per heavy atom. The fourth-order valence-corrected chi connectivity index (χ4v) is 1.59. The van der Waals surface area contributed by atoms with Gasteiger partial charge in [0.2, 0.25) is 0 Å². The van der Waals surface area contributed by atoms with Crippen LogP contribution in [0.15, 0.2) is 30.9 Å². The molecule has 1 aromatic heterocycles. The molecule has 2 rings (SSSR count). The van der Waals surface area contributed by atoms with E-state index in [0.29, 0.717) is 19.6 Å². The van der Waals surface area contributed by atoms with Crippen LogP contribution in [0.4, 0.5) is 0 Å². The Labute approximate surface area is 132 Å². The first-order valence-electron chi connectivity index (χ1n) is 6.04. The number of carbonyl (C=O) groups excluding carboxylic acids is 1. The SMILES string of the molecule is C=CC(=O)CCCNOCc1ccc2[n-]nnc2c1.[Ag+]. The van der Waals surface area contributed by atoms with E-state index >= 15 is 0 Å². The van der Waals surface area contributed by atoms with Crippen LogP contribution in [0.2, 0.25) is 0 Å². The summed E-state index contributed by atoms with van der Waals surface area (Å²) in [6.45, 7) is 4.47. The van der Waals surface area contributed by atoms with Crippen molar-refractivity contribution >= 4 is 16.8 Å². The summed E-state index contributed by atoms with van der Waals surface area (Å²) >= 11 is 0. The van der Waals surface area contributed by atoms with E-state index in [-0.39, 0.29) is 28.2 Å². The Morgan fingerprint density at radius 2 is 2.35 bits per heavy atom. The van der Waals surface area contributed by atoms with Gasteiger partial charge in [-0.1, -0.05) is 24.8 Å². The van der Waals surface area contributed by atoms with Crippen molar-refractivity contribution in [3.05, 3.63) is 36.4 Å². The van der Waals surface area contributed by atoms with Gasteiger partial charge in [0, 0.05) is 13.0 Å². The van der Waals surface area contributed by atoms with E-state index < -0.39 is 0 Å². The normalized spacial score (nSPS) is 10.2. The molecule has 0 aliphatic rings. The van der Waals surface area contributed by atoms with Crippen LogP contribution in [0.25, 0.3) is 11.0 Å². The van der Waals surface area contributed by atoms with Crippen molar-refractivity contribution in [3.8, 4) is 0 Å². The molecule has 110 valence electrons. The van der Waals surface area contributed by atoms with Crippen LogP contribution in [-0.4, -0.2) is 22.6 Å². The van der Waals surface area contributed by atoms with Gasteiger partial charge in [-0.25, -0.2) is 5.48 Å². The van der Waals surface area contributed by atoms with Gasteiger partial charge in [-0.15, -0.1) is 0 Å². The van der Waals surface area contributed by atoms with Crippen molar-refractivity contribution < 1.29 is 32.0 Å². The number of hydrogen-bond acceptors (Lipinski definition) is 5. The Bertz CT molecular complexity index is 570. The van der Waals surface area contributed by atoms with E-state index in [0.717, 1.165) is 23.0 Å². The molecule has 0 saturated carbocycles. The minimum Gasteiger partial charge on any atom is -0.350 e. The van der Waals surface area contributed by atoms with Crippen molar-refractivity contribution in [3.63, 3.8) is 0 Å². The summed E-state index contributed by atoms with van der Waals surface area (Å²) < 4.78 is 0. The van der Waals surface area contributed by atoms with E-state index in [1.54, 1.807) is 0 Å². The second kappa shape index (κ2) is 8.78. The number of rotatable bonds is 8. The predicted molar refractivity (Wildman–Crippen MR) is 70.1 cm³/mol. The van der Waals surface area contributed by atoms with Crippen LogP contribution >= 0.6 is 0 Å². The molecule has 1 heterocycles. The Hall–Kier alpha value is -1.31. The number of ketones is 1. The van der Waals surface area contributed by atoms with Gasteiger partial charge in [-0.05, 0) is 29.1 Å². The minimum atomic E-state index is 0.